The van der Waals surface area contributed by atoms with Gasteiger partial charge in [-0.1, -0.05) is 18.2 Å². The molecule has 69 heavy (non-hydrogen) atoms. The number of nitrogen functional groups attached to an aromatic ring is 1. The van der Waals surface area contributed by atoms with Crippen molar-refractivity contribution in [3.05, 3.63) is 59.5 Å². The number of carboxylic acid groups (broad SMARTS) is 1. The molecule has 2 aromatic carbocycles. The Morgan fingerprint density at radius 1 is 0.667 bits per heavy atom. The van der Waals surface area contributed by atoms with Gasteiger partial charge in [0.15, 0.2) is 21.1 Å². The van der Waals surface area contributed by atoms with Crippen molar-refractivity contribution in [1.82, 2.24) is 9.79 Å². The van der Waals surface area contributed by atoms with Crippen molar-refractivity contribution in [2.45, 2.75) is 29.1 Å². The fourth-order valence-corrected chi connectivity index (χ4v) is 8.62. The van der Waals surface area contributed by atoms with Crippen molar-refractivity contribution >= 4 is 60.6 Å². The van der Waals surface area contributed by atoms with E-state index < -0.39 is 76.1 Å². The van der Waals surface area contributed by atoms with Crippen molar-refractivity contribution < 1.29 is 92.8 Å². The third-order valence-electron chi connectivity index (χ3n) is 9.74. The first-order valence-electron chi connectivity index (χ1n) is 21.5. The molecule has 378 valence electrons. The summed E-state index contributed by atoms with van der Waals surface area (Å²) in [6, 6.07) is 10.8. The molecule has 0 unspecified atom stereocenters. The Morgan fingerprint density at radius 2 is 1.16 bits per heavy atom. The van der Waals surface area contributed by atoms with Gasteiger partial charge in [0.1, 0.15) is 0 Å². The number of benzene rings is 3. The van der Waals surface area contributed by atoms with Crippen LogP contribution in [0, 0.1) is 5.41 Å². The highest BCUT2D eigenvalue weighted by Gasteiger charge is 2.34. The standard InChI is InChI=1S/C43H54N4O20S2/c44-33-7-5-31-38(29-3-1-2-4-30(29)43(51)52)32-6-8-34(45)42(69(55,56)57)40(32)66-39(31)41(33)68(53,54)46-12-14-59-16-18-61-20-22-63-24-26-65-28-27-64-25-23-62-21-19-60-17-15-58-13-11-37(50)67-47-35(48)9-10-36(47)49/h1-8,44,46H,9-28,45H2,(H,51,52)(H,55,56,57). The van der Waals surface area contributed by atoms with Gasteiger partial charge in [0, 0.05) is 35.9 Å². The Morgan fingerprint density at radius 3 is 1.67 bits per heavy atom. The zero-order valence-corrected chi connectivity index (χ0v) is 39.0. The minimum absolute atomic E-state index is 0.00160. The molecule has 0 atom stereocenters. The van der Waals surface area contributed by atoms with Gasteiger partial charge >= 0.3 is 11.9 Å². The monoisotopic (exact) mass is 1010 g/mol. The van der Waals surface area contributed by atoms with Crippen LogP contribution in [0.15, 0.2) is 62.7 Å². The molecule has 2 heterocycles. The molecular weight excluding hydrogens is 957 g/mol. The van der Waals surface area contributed by atoms with E-state index in [9.17, 15) is 45.7 Å². The lowest BCUT2D eigenvalue weighted by Crippen LogP contribution is -2.32. The minimum atomic E-state index is -5.07. The van der Waals surface area contributed by atoms with E-state index in [4.69, 9.17) is 58.3 Å². The van der Waals surface area contributed by atoms with E-state index in [-0.39, 0.29) is 99.7 Å². The smallest absolute Gasteiger partial charge is 0.336 e. The van der Waals surface area contributed by atoms with Gasteiger partial charge in [-0.3, -0.25) is 19.6 Å². The van der Waals surface area contributed by atoms with Crippen LogP contribution < -0.4 is 15.8 Å². The summed E-state index contributed by atoms with van der Waals surface area (Å²) in [4.78, 5) is 50.1. The van der Waals surface area contributed by atoms with Crippen molar-refractivity contribution in [1.29, 1.82) is 5.41 Å². The molecule has 0 spiro atoms. The Hall–Kier alpha value is -5.49. The number of nitrogens with two attached hydrogens (primary N) is 1. The van der Waals surface area contributed by atoms with Crippen LogP contribution in [0.25, 0.3) is 33.4 Å². The lowest BCUT2D eigenvalue weighted by molar-refractivity contribution is -0.198. The molecule has 6 N–H and O–H groups in total. The molecule has 1 fully saturated rings. The van der Waals surface area contributed by atoms with E-state index in [0.717, 1.165) is 0 Å². The summed E-state index contributed by atoms with van der Waals surface area (Å²) < 4.78 is 114. The van der Waals surface area contributed by atoms with Gasteiger partial charge in [-0.05, 0) is 35.9 Å². The molecule has 3 aliphatic rings. The maximum Gasteiger partial charge on any atom is 0.336 e. The number of nitrogens with zero attached hydrogens (tertiary/aromatic N) is 1. The predicted octanol–water partition coefficient (Wildman–Crippen LogP) is 1.62. The topological polar surface area (TPSA) is 338 Å². The van der Waals surface area contributed by atoms with Crippen LogP contribution in [0.3, 0.4) is 0 Å². The molecule has 0 saturated carbocycles. The highest BCUT2D eigenvalue weighted by molar-refractivity contribution is 7.89. The minimum Gasteiger partial charge on any atom is -0.478 e. The van der Waals surface area contributed by atoms with Gasteiger partial charge in [0.2, 0.25) is 10.0 Å². The van der Waals surface area contributed by atoms with E-state index in [1.54, 1.807) is 0 Å². The lowest BCUT2D eigenvalue weighted by Gasteiger charge is -2.20. The summed E-state index contributed by atoms with van der Waals surface area (Å²) in [6.45, 7) is 3.92. The van der Waals surface area contributed by atoms with Crippen LogP contribution in [-0.2, 0) is 77.3 Å². The first-order chi connectivity index (χ1) is 33.1. The summed E-state index contributed by atoms with van der Waals surface area (Å²) in [5.41, 5.74) is 4.93. The van der Waals surface area contributed by atoms with Crippen molar-refractivity contribution in [3.8, 4) is 22.5 Å². The molecule has 0 bridgehead atoms. The molecule has 0 radical (unpaired) electrons. The first-order valence-corrected chi connectivity index (χ1v) is 24.4. The Balaban J connectivity index is 0.900. The number of hydrogen-bond donors (Lipinski definition) is 5. The summed E-state index contributed by atoms with van der Waals surface area (Å²) in [7, 11) is -9.64. The molecule has 2 amide bonds. The zero-order valence-electron chi connectivity index (χ0n) is 37.3. The van der Waals surface area contributed by atoms with Crippen LogP contribution in [0.1, 0.15) is 29.6 Å². The van der Waals surface area contributed by atoms with Gasteiger partial charge in [0.25, 0.3) is 21.9 Å². The van der Waals surface area contributed by atoms with Gasteiger partial charge in [-0.15, -0.1) is 5.06 Å². The number of hydrogen-bond acceptors (Lipinski definition) is 20. The summed E-state index contributed by atoms with van der Waals surface area (Å²) in [5, 5.41) is 18.5. The van der Waals surface area contributed by atoms with Crippen LogP contribution >= 0.6 is 0 Å². The molecule has 26 heteroatoms. The number of sulfonamides is 1. The van der Waals surface area contributed by atoms with Crippen LogP contribution in [0.2, 0.25) is 0 Å². The quantitative estimate of drug-likeness (QED) is 0.0149. The van der Waals surface area contributed by atoms with Crippen molar-refractivity contribution in [2.24, 2.45) is 0 Å². The van der Waals surface area contributed by atoms with Crippen LogP contribution in [-0.4, -0.2) is 168 Å². The molecule has 1 saturated heterocycles. The second-order valence-electron chi connectivity index (χ2n) is 14.6. The molecular formula is C43H54N4O20S2. The Bertz CT molecular complexity index is 2630. The van der Waals surface area contributed by atoms with E-state index in [0.29, 0.717) is 64.5 Å². The molecule has 2 aliphatic heterocycles. The Labute approximate surface area is 396 Å². The number of carbonyl (C=O) groups is 4. The molecule has 1 aliphatic carbocycles. The number of fused-ring (bicyclic) bond motifs is 2. The normalized spacial score (nSPS) is 13.3. The fraction of sp³-hybridized carbons (Fsp3) is 0.465. The molecule has 2 aromatic rings. The fourth-order valence-electron chi connectivity index (χ4n) is 6.62. The van der Waals surface area contributed by atoms with Gasteiger partial charge in [-0.25, -0.2) is 22.7 Å². The lowest BCUT2D eigenvalue weighted by atomic mass is 9.90. The number of imide groups is 1. The first kappa shape index (κ1) is 54.5. The summed E-state index contributed by atoms with van der Waals surface area (Å²) in [5.74, 6) is -3.62. The highest BCUT2D eigenvalue weighted by Crippen LogP contribution is 2.45. The maximum atomic E-state index is 13.7. The van der Waals surface area contributed by atoms with Crippen LogP contribution in [0.5, 0.6) is 0 Å². The Kier molecular flexibility index (Phi) is 21.3. The average molecular weight is 1010 g/mol. The summed E-state index contributed by atoms with van der Waals surface area (Å²) in [6.07, 6.45) is -0.0497. The molecule has 24 nitrogen and oxygen atoms in total. The average Bonchev–Trinajstić information content (AvgIpc) is 3.61. The van der Waals surface area contributed by atoms with Gasteiger partial charge < -0.3 is 58.0 Å². The number of rotatable bonds is 33. The number of ether oxygens (including phenoxy) is 8. The number of nitrogens with one attached hydrogen (secondary N) is 2. The number of aromatic carboxylic acids is 1. The number of carbonyl (C=O) groups excluding carboxylic acids is 3. The largest absolute Gasteiger partial charge is 0.478 e. The predicted molar refractivity (Wildman–Crippen MR) is 239 cm³/mol. The van der Waals surface area contributed by atoms with E-state index in [1.165, 1.54) is 48.5 Å². The van der Waals surface area contributed by atoms with Crippen molar-refractivity contribution in [2.75, 3.05) is 118 Å². The number of anilines is 1. The third kappa shape index (κ3) is 16.0. The third-order valence-corrected chi connectivity index (χ3v) is 12.2. The van der Waals surface area contributed by atoms with Gasteiger partial charge in [-0.2, -0.15) is 8.42 Å². The number of amides is 2. The van der Waals surface area contributed by atoms with E-state index in [2.05, 4.69) is 4.72 Å². The highest BCUT2D eigenvalue weighted by atomic mass is 32.2. The van der Waals surface area contributed by atoms with E-state index >= 15 is 0 Å². The zero-order chi connectivity index (χ0) is 49.8. The number of hydroxylamine groups is 2. The van der Waals surface area contributed by atoms with Crippen molar-refractivity contribution in [3.63, 3.8) is 0 Å². The van der Waals surface area contributed by atoms with Gasteiger partial charge in [0.05, 0.1) is 129 Å². The second kappa shape index (κ2) is 27.0. The SMILES string of the molecule is N=c1ccc2c(-c3ccccc3C(=O)O)c3ccc(N)c(S(=O)(=O)O)c3oc-2c1S(=O)(=O)NCCOCCOCCOCCOCCOCCOCCOCCOCCC(=O)ON1C(=O)CCC1=O. The van der Waals surface area contributed by atoms with Crippen LogP contribution in [0.4, 0.5) is 5.69 Å². The number of carboxylic acids is 1. The molecule has 5 rings (SSSR count). The summed E-state index contributed by atoms with van der Waals surface area (Å²) >= 11 is 0. The van der Waals surface area contributed by atoms with E-state index in [1.807, 2.05) is 0 Å². The molecule has 0 aromatic heterocycles. The maximum absolute atomic E-state index is 13.7. The second-order valence-corrected chi connectivity index (χ2v) is 17.6.